The van der Waals surface area contributed by atoms with Gasteiger partial charge in [-0.2, -0.15) is 0 Å². The number of carbonyl (C=O) groups excluding carboxylic acids is 1. The Morgan fingerprint density at radius 2 is 2.04 bits per heavy atom. The topological polar surface area (TPSA) is 42.4 Å². The molecule has 0 spiro atoms. The maximum atomic E-state index is 12.8. The predicted octanol–water partition coefficient (Wildman–Crippen LogP) is 3.26. The molecule has 1 aliphatic heterocycles. The minimum atomic E-state index is 0.205. The second kappa shape index (κ2) is 7.95. The van der Waals surface area contributed by atoms with Crippen molar-refractivity contribution in [2.45, 2.75) is 38.1 Å². The fraction of sp³-hybridized carbons (Fsp3) is 0.400. The lowest BCUT2D eigenvalue weighted by molar-refractivity contribution is -0.131. The summed E-state index contributed by atoms with van der Waals surface area (Å²) in [6, 6.07) is 12.2. The highest BCUT2D eigenvalue weighted by molar-refractivity contribution is 5.80. The number of hydrogen-bond acceptors (Lipinski definition) is 3. The standard InChI is InChI=1S/C20H24N2O2/c1-24-19-7-3-2-5-17(19)15-20(23)22-14-4-6-18(22)9-8-16-10-12-21-13-11-16/h2-3,5,7,10-13,18H,4,6,8-9,14-15H2,1H3/t18-/m0/s1. The molecule has 4 heteroatoms. The molecular weight excluding hydrogens is 300 g/mol. The first-order chi connectivity index (χ1) is 11.8. The third-order valence-corrected chi connectivity index (χ3v) is 4.75. The summed E-state index contributed by atoms with van der Waals surface area (Å²) in [4.78, 5) is 18.9. The summed E-state index contributed by atoms with van der Waals surface area (Å²) in [6.07, 6.45) is 8.27. The average Bonchev–Trinajstić information content (AvgIpc) is 3.10. The molecule has 1 saturated heterocycles. The molecule has 1 fully saturated rings. The SMILES string of the molecule is COc1ccccc1CC(=O)N1CCC[C@H]1CCc1ccncc1. The van der Waals surface area contributed by atoms with Crippen LogP contribution in [0, 0.1) is 0 Å². The van der Waals surface area contributed by atoms with Gasteiger partial charge in [-0.15, -0.1) is 0 Å². The van der Waals surface area contributed by atoms with Gasteiger partial charge >= 0.3 is 0 Å². The largest absolute Gasteiger partial charge is 0.496 e. The van der Waals surface area contributed by atoms with Crippen LogP contribution < -0.4 is 4.74 Å². The Hall–Kier alpha value is -2.36. The molecule has 0 saturated carbocycles. The summed E-state index contributed by atoms with van der Waals surface area (Å²) >= 11 is 0. The third-order valence-electron chi connectivity index (χ3n) is 4.75. The first-order valence-electron chi connectivity index (χ1n) is 8.58. The molecule has 24 heavy (non-hydrogen) atoms. The third kappa shape index (κ3) is 3.94. The molecule has 4 nitrogen and oxygen atoms in total. The molecule has 1 aromatic carbocycles. The summed E-state index contributed by atoms with van der Waals surface area (Å²) in [5.74, 6) is 0.995. The molecule has 2 heterocycles. The number of hydrogen-bond donors (Lipinski definition) is 0. The number of para-hydroxylation sites is 1. The number of benzene rings is 1. The van der Waals surface area contributed by atoms with Crippen LogP contribution >= 0.6 is 0 Å². The Kier molecular flexibility index (Phi) is 5.47. The summed E-state index contributed by atoms with van der Waals surface area (Å²) in [5, 5.41) is 0. The highest BCUT2D eigenvalue weighted by Gasteiger charge is 2.28. The van der Waals surface area contributed by atoms with Crippen LogP contribution in [-0.4, -0.2) is 35.5 Å². The van der Waals surface area contributed by atoms with Gasteiger partial charge in [-0.05, 0) is 49.4 Å². The molecule has 3 rings (SSSR count). The molecule has 0 aliphatic carbocycles. The fourth-order valence-electron chi connectivity index (χ4n) is 3.46. The number of aromatic nitrogens is 1. The van der Waals surface area contributed by atoms with Crippen LogP contribution in [0.4, 0.5) is 0 Å². The van der Waals surface area contributed by atoms with Gasteiger partial charge in [0.2, 0.25) is 5.91 Å². The zero-order valence-corrected chi connectivity index (χ0v) is 14.1. The number of ether oxygens (including phenoxy) is 1. The number of carbonyl (C=O) groups is 1. The number of likely N-dealkylation sites (tertiary alicyclic amines) is 1. The van der Waals surface area contributed by atoms with E-state index in [-0.39, 0.29) is 5.91 Å². The molecule has 0 radical (unpaired) electrons. The molecule has 1 aromatic heterocycles. The number of methoxy groups -OCH3 is 1. The minimum Gasteiger partial charge on any atom is -0.496 e. The maximum absolute atomic E-state index is 12.8. The second-order valence-electron chi connectivity index (χ2n) is 6.27. The van der Waals surface area contributed by atoms with Gasteiger partial charge in [-0.1, -0.05) is 18.2 Å². The Bertz CT molecular complexity index is 672. The lowest BCUT2D eigenvalue weighted by Crippen LogP contribution is -2.36. The Balaban J connectivity index is 1.61. The van der Waals surface area contributed by atoms with Crippen LogP contribution in [0.1, 0.15) is 30.4 Å². The van der Waals surface area contributed by atoms with E-state index in [2.05, 4.69) is 22.0 Å². The minimum absolute atomic E-state index is 0.205. The van der Waals surface area contributed by atoms with E-state index in [9.17, 15) is 4.79 Å². The number of pyridine rings is 1. The van der Waals surface area contributed by atoms with Crippen LogP contribution in [0.15, 0.2) is 48.8 Å². The van der Waals surface area contributed by atoms with E-state index in [0.29, 0.717) is 12.5 Å². The van der Waals surface area contributed by atoms with Crippen molar-refractivity contribution < 1.29 is 9.53 Å². The molecule has 1 amide bonds. The fourth-order valence-corrected chi connectivity index (χ4v) is 3.46. The maximum Gasteiger partial charge on any atom is 0.227 e. The van der Waals surface area contributed by atoms with E-state index >= 15 is 0 Å². The van der Waals surface area contributed by atoms with Gasteiger partial charge in [-0.3, -0.25) is 9.78 Å². The van der Waals surface area contributed by atoms with Crippen molar-refractivity contribution in [3.8, 4) is 5.75 Å². The van der Waals surface area contributed by atoms with Crippen molar-refractivity contribution in [2.24, 2.45) is 0 Å². The zero-order chi connectivity index (χ0) is 16.8. The number of aryl methyl sites for hydroxylation is 1. The lowest BCUT2D eigenvalue weighted by atomic mass is 10.0. The molecule has 1 atom stereocenters. The first-order valence-corrected chi connectivity index (χ1v) is 8.58. The predicted molar refractivity (Wildman–Crippen MR) is 94.0 cm³/mol. The summed E-state index contributed by atoms with van der Waals surface area (Å²) in [6.45, 7) is 0.870. The van der Waals surface area contributed by atoms with Gasteiger partial charge in [0, 0.05) is 30.5 Å². The van der Waals surface area contributed by atoms with Crippen LogP contribution in [0.2, 0.25) is 0 Å². The number of amides is 1. The van der Waals surface area contributed by atoms with Crippen LogP contribution in [-0.2, 0) is 17.6 Å². The van der Waals surface area contributed by atoms with Crippen LogP contribution in [0.3, 0.4) is 0 Å². The highest BCUT2D eigenvalue weighted by Crippen LogP contribution is 2.25. The van der Waals surface area contributed by atoms with E-state index in [1.54, 1.807) is 7.11 Å². The quantitative estimate of drug-likeness (QED) is 0.819. The van der Waals surface area contributed by atoms with E-state index < -0.39 is 0 Å². The van der Waals surface area contributed by atoms with Gasteiger partial charge in [0.25, 0.3) is 0 Å². The first kappa shape index (κ1) is 16.5. The van der Waals surface area contributed by atoms with Gasteiger partial charge in [-0.25, -0.2) is 0 Å². The summed E-state index contributed by atoms with van der Waals surface area (Å²) < 4.78 is 5.36. The Morgan fingerprint density at radius 3 is 2.83 bits per heavy atom. The molecule has 1 aliphatic rings. The second-order valence-corrected chi connectivity index (χ2v) is 6.27. The highest BCUT2D eigenvalue weighted by atomic mass is 16.5. The van der Waals surface area contributed by atoms with Crippen molar-refractivity contribution in [3.05, 3.63) is 59.9 Å². The van der Waals surface area contributed by atoms with Crippen molar-refractivity contribution >= 4 is 5.91 Å². The molecule has 2 aromatic rings. The van der Waals surface area contributed by atoms with Crippen molar-refractivity contribution in [1.29, 1.82) is 0 Å². The average molecular weight is 324 g/mol. The van der Waals surface area contributed by atoms with Gasteiger partial charge in [0.15, 0.2) is 0 Å². The van der Waals surface area contributed by atoms with Crippen molar-refractivity contribution in [2.75, 3.05) is 13.7 Å². The van der Waals surface area contributed by atoms with Crippen LogP contribution in [0.25, 0.3) is 0 Å². The van der Waals surface area contributed by atoms with E-state index in [1.165, 1.54) is 5.56 Å². The van der Waals surface area contributed by atoms with E-state index in [0.717, 1.165) is 43.5 Å². The van der Waals surface area contributed by atoms with Gasteiger partial charge < -0.3 is 9.64 Å². The summed E-state index contributed by atoms with van der Waals surface area (Å²) in [7, 11) is 1.65. The van der Waals surface area contributed by atoms with Gasteiger partial charge in [0.1, 0.15) is 5.75 Å². The van der Waals surface area contributed by atoms with E-state index in [1.807, 2.05) is 36.7 Å². The zero-order valence-electron chi connectivity index (χ0n) is 14.1. The van der Waals surface area contributed by atoms with E-state index in [4.69, 9.17) is 4.74 Å². The Labute approximate surface area is 143 Å². The van der Waals surface area contributed by atoms with Crippen molar-refractivity contribution in [3.63, 3.8) is 0 Å². The lowest BCUT2D eigenvalue weighted by Gasteiger charge is -2.25. The van der Waals surface area contributed by atoms with Gasteiger partial charge in [0.05, 0.1) is 13.5 Å². The summed E-state index contributed by atoms with van der Waals surface area (Å²) in [5.41, 5.74) is 2.25. The number of rotatable bonds is 6. The van der Waals surface area contributed by atoms with Crippen LogP contribution in [0.5, 0.6) is 5.75 Å². The van der Waals surface area contributed by atoms with Crippen molar-refractivity contribution in [1.82, 2.24) is 9.88 Å². The smallest absolute Gasteiger partial charge is 0.227 e. The Morgan fingerprint density at radius 1 is 1.25 bits per heavy atom. The monoisotopic (exact) mass is 324 g/mol. The molecule has 0 bridgehead atoms. The normalized spacial score (nSPS) is 17.0. The molecule has 0 unspecified atom stereocenters. The molecular formula is C20H24N2O2. The molecule has 0 N–H and O–H groups in total. The number of nitrogens with zero attached hydrogens (tertiary/aromatic N) is 2. The molecule has 126 valence electrons.